The molecule has 2 saturated heterocycles. The van der Waals surface area contributed by atoms with Crippen molar-refractivity contribution in [1.29, 1.82) is 0 Å². The highest BCUT2D eigenvalue weighted by molar-refractivity contribution is 7.83. The van der Waals surface area contributed by atoms with E-state index in [0.717, 1.165) is 18.2 Å². The van der Waals surface area contributed by atoms with E-state index in [0.29, 0.717) is 0 Å². The van der Waals surface area contributed by atoms with Crippen molar-refractivity contribution >= 4 is 28.2 Å². The van der Waals surface area contributed by atoms with Gasteiger partial charge in [-0.25, -0.2) is 14.4 Å². The average Bonchev–Trinajstić information content (AvgIpc) is 2.86. The minimum Gasteiger partial charge on any atom is -0.479 e. The molecule has 0 aliphatic carbocycles. The Bertz CT molecular complexity index is 1190. The van der Waals surface area contributed by atoms with Gasteiger partial charge in [0.15, 0.2) is 12.4 Å². The molecule has 224 valence electrons. The van der Waals surface area contributed by atoms with E-state index < -0.39 is 113 Å². The van der Waals surface area contributed by atoms with Gasteiger partial charge in [-0.3, -0.25) is 4.55 Å². The lowest BCUT2D eigenvalue weighted by atomic mass is 9.96. The Hall–Kier alpha value is -3.02. The summed E-state index contributed by atoms with van der Waals surface area (Å²) in [5.74, 6) is -5.45. The van der Waals surface area contributed by atoms with Crippen LogP contribution in [0.4, 0.5) is 0 Å². The fourth-order valence-corrected chi connectivity index (χ4v) is 4.58. The molecule has 0 amide bonds. The molecule has 1 aromatic carbocycles. The van der Waals surface area contributed by atoms with Gasteiger partial charge < -0.3 is 59.8 Å². The molecule has 0 unspecified atom stereocenters. The van der Waals surface area contributed by atoms with E-state index in [4.69, 9.17) is 23.5 Å². The number of hydrogen-bond donors (Lipinski definition) is 10. The predicted octanol–water partition coefficient (Wildman–Crippen LogP) is -4.42. The van der Waals surface area contributed by atoms with Gasteiger partial charge in [-0.05, 0) is 18.2 Å². The lowest BCUT2D eigenvalue weighted by Gasteiger charge is -2.46. The zero-order chi connectivity index (χ0) is 30.1. The summed E-state index contributed by atoms with van der Waals surface area (Å²) >= 11 is 0. The normalized spacial score (nSPS) is 34.6. The number of ether oxygens (including phenoxy) is 4. The van der Waals surface area contributed by atoms with Gasteiger partial charge in [-0.1, -0.05) is 0 Å². The van der Waals surface area contributed by atoms with E-state index in [9.17, 15) is 63.7 Å². The summed E-state index contributed by atoms with van der Waals surface area (Å²) in [5, 5.41) is 79.1. The van der Waals surface area contributed by atoms with Crippen LogP contribution >= 0.6 is 0 Å². The van der Waals surface area contributed by atoms with Crippen LogP contribution in [-0.2, 0) is 29.3 Å². The quantitative estimate of drug-likeness (QED) is 0.113. The van der Waals surface area contributed by atoms with Crippen molar-refractivity contribution in [3.63, 3.8) is 0 Å². The van der Waals surface area contributed by atoms with Crippen molar-refractivity contribution in [2.75, 3.05) is 6.61 Å². The second-order valence-electron chi connectivity index (χ2n) is 8.64. The summed E-state index contributed by atoms with van der Waals surface area (Å²) in [6, 6.07) is 0.423. The Morgan fingerprint density at radius 2 is 1.43 bits per heavy atom. The highest BCUT2D eigenvalue weighted by atomic mass is 32.2. The summed E-state index contributed by atoms with van der Waals surface area (Å²) in [4.78, 5) is 34.6. The number of carboxylic acid groups (broad SMARTS) is 3. The van der Waals surface area contributed by atoms with E-state index >= 15 is 0 Å². The Labute approximate surface area is 223 Å². The molecule has 19 nitrogen and oxygen atoms in total. The summed E-state index contributed by atoms with van der Waals surface area (Å²) in [6.07, 6.45) is -18.6. The molecule has 10 atom stereocenters. The first kappa shape index (κ1) is 31.5. The number of benzene rings is 1. The highest BCUT2D eigenvalue weighted by Gasteiger charge is 2.54. The van der Waals surface area contributed by atoms with Gasteiger partial charge in [0.25, 0.3) is 0 Å². The topological polar surface area (TPSA) is 316 Å². The number of aliphatic hydroxyl groups is 5. The molecule has 3 rings (SSSR count). The van der Waals surface area contributed by atoms with Gasteiger partial charge in [0.05, 0.1) is 17.7 Å². The predicted molar refractivity (Wildman–Crippen MR) is 120 cm³/mol. The monoisotopic (exact) mass is 599 g/mol. The van der Waals surface area contributed by atoms with Crippen LogP contribution in [0.1, 0.15) is 20.7 Å². The van der Waals surface area contributed by atoms with Crippen molar-refractivity contribution < 1.29 is 87.2 Å². The maximum Gasteiger partial charge on any atom is 0.335 e. The first-order chi connectivity index (χ1) is 18.5. The van der Waals surface area contributed by atoms with E-state index in [2.05, 4.69) is 0 Å². The van der Waals surface area contributed by atoms with Crippen LogP contribution in [0.2, 0.25) is 0 Å². The van der Waals surface area contributed by atoms with E-state index in [-0.39, 0.29) is 0 Å². The maximum atomic E-state index is 12.0. The molecule has 2 heterocycles. The van der Waals surface area contributed by atoms with Crippen molar-refractivity contribution in [2.45, 2.75) is 61.3 Å². The second-order valence-corrected chi connectivity index (χ2v) is 9.83. The minimum atomic E-state index is -5.10. The van der Waals surface area contributed by atoms with E-state index in [1.807, 2.05) is 0 Å². The first-order valence-corrected chi connectivity index (χ1v) is 12.5. The SMILES string of the molecule is O=C(O)c1cc(O[C@@H]2O[C@H](C(=O)O)[C@@H](O[C@H]3O[C@H](CO)[C@@H](O)[C@H](O)[C@H]3NS(=O)(=O)O)[C@H](O)[C@H]2O)cc(C(=O)O)c1. The molecule has 0 spiro atoms. The minimum absolute atomic E-state index is 0.506. The number of aromatic carboxylic acids is 2. The Morgan fingerprint density at radius 3 is 1.90 bits per heavy atom. The zero-order valence-corrected chi connectivity index (χ0v) is 20.6. The van der Waals surface area contributed by atoms with Crippen LogP contribution in [0.3, 0.4) is 0 Å². The Morgan fingerprint density at radius 1 is 0.850 bits per heavy atom. The summed E-state index contributed by atoms with van der Waals surface area (Å²) in [5.41, 5.74) is -1.11. The summed E-state index contributed by atoms with van der Waals surface area (Å²) < 4.78 is 54.3. The molecular formula is C20H25NO18S. The lowest BCUT2D eigenvalue weighted by Crippen LogP contribution is -2.68. The number of carbonyl (C=O) groups is 3. The third-order valence-corrected chi connectivity index (χ3v) is 6.47. The van der Waals surface area contributed by atoms with Crippen LogP contribution in [-0.4, -0.2) is 140 Å². The molecular weight excluding hydrogens is 574 g/mol. The highest BCUT2D eigenvalue weighted by Crippen LogP contribution is 2.31. The fraction of sp³-hybridized carbons (Fsp3) is 0.550. The molecule has 0 bridgehead atoms. The van der Waals surface area contributed by atoms with Gasteiger partial charge in [0, 0.05) is 0 Å². The lowest BCUT2D eigenvalue weighted by molar-refractivity contribution is -0.331. The molecule has 0 saturated carbocycles. The van der Waals surface area contributed by atoms with E-state index in [1.54, 1.807) is 0 Å². The molecule has 2 fully saturated rings. The maximum absolute atomic E-state index is 12.0. The largest absolute Gasteiger partial charge is 0.479 e. The van der Waals surface area contributed by atoms with Gasteiger partial charge in [-0.2, -0.15) is 13.1 Å². The van der Waals surface area contributed by atoms with Crippen LogP contribution in [0, 0.1) is 0 Å². The van der Waals surface area contributed by atoms with E-state index in [1.165, 1.54) is 4.72 Å². The standard InChI is InChI=1S/C20H25NO18S/c22-4-8-10(23)11(24)9(21-40(33,34)35)19(37-8)38-14-12(25)13(26)20(39-15(14)18(31)32)36-7-2-5(16(27)28)1-6(3-7)17(29)30/h1-3,8-15,19-26H,4H2,(H,27,28)(H,29,30)(H,31,32)(H,33,34,35)/t8-,9-,10-,11-,12-,13-,14+,15+,19-,20-/m1/s1. The van der Waals surface area contributed by atoms with Crippen LogP contribution in [0.25, 0.3) is 0 Å². The average molecular weight is 599 g/mol. The van der Waals surface area contributed by atoms with Crippen LogP contribution in [0.5, 0.6) is 5.75 Å². The molecule has 2 aliphatic rings. The van der Waals surface area contributed by atoms with Crippen molar-refractivity contribution in [1.82, 2.24) is 4.72 Å². The Balaban J connectivity index is 1.90. The van der Waals surface area contributed by atoms with Gasteiger partial charge in [0.2, 0.25) is 6.29 Å². The van der Waals surface area contributed by atoms with Crippen LogP contribution < -0.4 is 9.46 Å². The van der Waals surface area contributed by atoms with Gasteiger partial charge >= 0.3 is 28.2 Å². The third-order valence-electron chi connectivity index (χ3n) is 5.90. The van der Waals surface area contributed by atoms with Crippen molar-refractivity contribution in [3.05, 3.63) is 29.3 Å². The Kier molecular flexibility index (Phi) is 9.64. The van der Waals surface area contributed by atoms with Gasteiger partial charge in [0.1, 0.15) is 48.4 Å². The summed E-state index contributed by atoms with van der Waals surface area (Å²) in [6.45, 7) is -0.949. The molecule has 40 heavy (non-hydrogen) atoms. The first-order valence-electron chi connectivity index (χ1n) is 11.1. The number of carboxylic acids is 3. The number of nitrogens with one attached hydrogen (secondary N) is 1. The number of aliphatic hydroxyl groups excluding tert-OH is 5. The molecule has 1 aromatic rings. The van der Waals surface area contributed by atoms with Crippen molar-refractivity contribution in [3.8, 4) is 5.75 Å². The van der Waals surface area contributed by atoms with Crippen LogP contribution in [0.15, 0.2) is 18.2 Å². The third kappa shape index (κ3) is 7.00. The molecule has 10 N–H and O–H groups in total. The number of hydrogen-bond acceptors (Lipinski definition) is 14. The molecule has 0 radical (unpaired) electrons. The van der Waals surface area contributed by atoms with Gasteiger partial charge in [-0.15, -0.1) is 0 Å². The fourth-order valence-electron chi connectivity index (χ4n) is 3.98. The second kappa shape index (κ2) is 12.2. The zero-order valence-electron chi connectivity index (χ0n) is 19.8. The smallest absolute Gasteiger partial charge is 0.335 e. The molecule has 20 heteroatoms. The molecule has 2 aliphatic heterocycles. The molecule has 0 aromatic heterocycles. The summed E-state index contributed by atoms with van der Waals surface area (Å²) in [7, 11) is -5.10. The number of rotatable bonds is 10. The van der Waals surface area contributed by atoms with Crippen molar-refractivity contribution in [2.24, 2.45) is 0 Å². The number of aliphatic carboxylic acids is 1.